The first-order valence-corrected chi connectivity index (χ1v) is 6.77. The number of carbonyl (C=O) groups excluding carboxylic acids is 1. The summed E-state index contributed by atoms with van der Waals surface area (Å²) >= 11 is 1.38. The van der Waals surface area contributed by atoms with Crippen molar-refractivity contribution in [2.45, 2.75) is 6.92 Å². The average molecular weight is 274 g/mol. The summed E-state index contributed by atoms with van der Waals surface area (Å²) in [7, 11) is 0. The number of hydrogen-bond donors (Lipinski definition) is 1. The van der Waals surface area contributed by atoms with Gasteiger partial charge in [-0.1, -0.05) is 6.07 Å². The molecule has 0 aliphatic carbocycles. The standard InChI is InChI=1S/C14H14N2O2S/c1-2-18-12-7-5-11(6-8-12)10-15-16-14(17)13-4-3-9-19-13/h3-10H,2H2,1H3,(H,16,17)/b15-10-. The van der Waals surface area contributed by atoms with Crippen molar-refractivity contribution in [3.8, 4) is 5.75 Å². The lowest BCUT2D eigenvalue weighted by molar-refractivity contribution is 0.0959. The molecule has 1 amide bonds. The molecule has 0 bridgehead atoms. The van der Waals surface area contributed by atoms with Gasteiger partial charge in [-0.3, -0.25) is 4.79 Å². The summed E-state index contributed by atoms with van der Waals surface area (Å²) < 4.78 is 5.34. The highest BCUT2D eigenvalue weighted by Gasteiger charge is 2.03. The molecule has 0 aliphatic heterocycles. The molecule has 5 heteroatoms. The highest BCUT2D eigenvalue weighted by atomic mass is 32.1. The van der Waals surface area contributed by atoms with Crippen molar-refractivity contribution in [3.63, 3.8) is 0 Å². The lowest BCUT2D eigenvalue weighted by atomic mass is 10.2. The summed E-state index contributed by atoms with van der Waals surface area (Å²) in [6, 6.07) is 11.1. The number of ether oxygens (including phenoxy) is 1. The Hall–Kier alpha value is -2.14. The number of benzene rings is 1. The van der Waals surface area contributed by atoms with E-state index in [-0.39, 0.29) is 5.91 Å². The number of amides is 1. The normalized spacial score (nSPS) is 10.6. The largest absolute Gasteiger partial charge is 0.494 e. The number of hydrogen-bond acceptors (Lipinski definition) is 4. The van der Waals surface area contributed by atoms with Gasteiger partial charge in [-0.2, -0.15) is 5.10 Å². The van der Waals surface area contributed by atoms with Gasteiger partial charge in [0.1, 0.15) is 5.75 Å². The molecule has 2 rings (SSSR count). The molecular formula is C14H14N2O2S. The SMILES string of the molecule is CCOc1ccc(/C=N\NC(=O)c2cccs2)cc1. The van der Waals surface area contributed by atoms with E-state index >= 15 is 0 Å². The first-order valence-electron chi connectivity index (χ1n) is 5.89. The summed E-state index contributed by atoms with van der Waals surface area (Å²) in [5, 5.41) is 5.77. The molecule has 0 radical (unpaired) electrons. The Bertz CT molecular complexity index is 547. The van der Waals surface area contributed by atoms with Crippen molar-refractivity contribution in [3.05, 3.63) is 52.2 Å². The first kappa shape index (κ1) is 13.3. The van der Waals surface area contributed by atoms with E-state index in [1.807, 2.05) is 42.6 Å². The Morgan fingerprint density at radius 1 is 1.37 bits per heavy atom. The van der Waals surface area contributed by atoms with Crippen LogP contribution in [-0.4, -0.2) is 18.7 Å². The van der Waals surface area contributed by atoms with Gasteiger partial charge in [0.25, 0.3) is 5.91 Å². The van der Waals surface area contributed by atoms with Gasteiger partial charge >= 0.3 is 0 Å². The Morgan fingerprint density at radius 3 is 2.79 bits per heavy atom. The molecule has 0 unspecified atom stereocenters. The van der Waals surface area contributed by atoms with Crippen LogP contribution in [0, 0.1) is 0 Å². The number of nitrogens with one attached hydrogen (secondary N) is 1. The van der Waals surface area contributed by atoms with E-state index in [0.717, 1.165) is 11.3 Å². The molecule has 1 aromatic heterocycles. The molecule has 1 heterocycles. The zero-order valence-electron chi connectivity index (χ0n) is 10.5. The second-order valence-corrected chi connectivity index (χ2v) is 4.63. The molecule has 0 saturated carbocycles. The maximum atomic E-state index is 11.6. The highest BCUT2D eigenvalue weighted by Crippen LogP contribution is 2.11. The quantitative estimate of drug-likeness (QED) is 0.673. The summed E-state index contributed by atoms with van der Waals surface area (Å²) in [6.07, 6.45) is 1.60. The lowest BCUT2D eigenvalue weighted by Gasteiger charge is -2.02. The van der Waals surface area contributed by atoms with Crippen molar-refractivity contribution in [2.75, 3.05) is 6.61 Å². The van der Waals surface area contributed by atoms with Gasteiger partial charge in [-0.15, -0.1) is 11.3 Å². The van der Waals surface area contributed by atoms with Gasteiger partial charge < -0.3 is 4.74 Å². The molecule has 98 valence electrons. The van der Waals surface area contributed by atoms with Crippen molar-refractivity contribution >= 4 is 23.5 Å². The number of thiophene rings is 1. The molecule has 1 N–H and O–H groups in total. The number of nitrogens with zero attached hydrogens (tertiary/aromatic N) is 1. The zero-order valence-corrected chi connectivity index (χ0v) is 11.3. The van der Waals surface area contributed by atoms with Crippen molar-refractivity contribution < 1.29 is 9.53 Å². The lowest BCUT2D eigenvalue weighted by Crippen LogP contribution is -2.16. The van der Waals surface area contributed by atoms with Gasteiger partial charge in [0.05, 0.1) is 17.7 Å². The van der Waals surface area contributed by atoms with Crippen molar-refractivity contribution in [1.29, 1.82) is 0 Å². The number of carbonyl (C=O) groups is 1. The summed E-state index contributed by atoms with van der Waals surface area (Å²) in [6.45, 7) is 2.58. The third kappa shape index (κ3) is 3.93. The summed E-state index contributed by atoms with van der Waals surface area (Å²) in [5.74, 6) is 0.624. The minimum atomic E-state index is -0.197. The predicted octanol–water partition coefficient (Wildman–Crippen LogP) is 2.91. The van der Waals surface area contributed by atoms with Gasteiger partial charge in [0.15, 0.2) is 0 Å². The van der Waals surface area contributed by atoms with Crippen molar-refractivity contribution in [1.82, 2.24) is 5.43 Å². The first-order chi connectivity index (χ1) is 9.29. The Morgan fingerprint density at radius 2 is 2.16 bits per heavy atom. The third-order valence-electron chi connectivity index (χ3n) is 2.32. The van der Waals surface area contributed by atoms with Gasteiger partial charge in [-0.05, 0) is 48.2 Å². The maximum Gasteiger partial charge on any atom is 0.281 e. The van der Waals surface area contributed by atoms with Crippen LogP contribution < -0.4 is 10.2 Å². The molecule has 0 fully saturated rings. The predicted molar refractivity (Wildman–Crippen MR) is 77.0 cm³/mol. The Kier molecular flexibility index (Phi) is 4.69. The molecule has 19 heavy (non-hydrogen) atoms. The van der Waals surface area contributed by atoms with Crippen LogP contribution in [0.25, 0.3) is 0 Å². The van der Waals surface area contributed by atoms with Crippen LogP contribution in [0.4, 0.5) is 0 Å². The van der Waals surface area contributed by atoms with E-state index in [9.17, 15) is 4.79 Å². The summed E-state index contributed by atoms with van der Waals surface area (Å²) in [5.41, 5.74) is 3.38. The van der Waals surface area contributed by atoms with Gasteiger partial charge in [0.2, 0.25) is 0 Å². The van der Waals surface area contributed by atoms with Crippen LogP contribution in [0.15, 0.2) is 46.9 Å². The van der Waals surface area contributed by atoms with E-state index in [1.165, 1.54) is 11.3 Å². The van der Waals surface area contributed by atoms with Crippen LogP contribution in [0.3, 0.4) is 0 Å². The molecule has 2 aromatic rings. The van der Waals surface area contributed by atoms with Crippen LogP contribution in [0.5, 0.6) is 5.75 Å². The molecular weight excluding hydrogens is 260 g/mol. The fourth-order valence-electron chi connectivity index (χ4n) is 1.45. The molecule has 0 aliphatic rings. The van der Waals surface area contributed by atoms with Crippen LogP contribution in [-0.2, 0) is 0 Å². The molecule has 0 atom stereocenters. The topological polar surface area (TPSA) is 50.7 Å². The number of hydrazone groups is 1. The minimum absolute atomic E-state index is 0.197. The Balaban J connectivity index is 1.90. The molecule has 1 aromatic carbocycles. The molecule has 4 nitrogen and oxygen atoms in total. The minimum Gasteiger partial charge on any atom is -0.494 e. The maximum absolute atomic E-state index is 11.6. The average Bonchev–Trinajstić information content (AvgIpc) is 2.95. The van der Waals surface area contributed by atoms with Crippen LogP contribution in [0.2, 0.25) is 0 Å². The van der Waals surface area contributed by atoms with Crippen LogP contribution >= 0.6 is 11.3 Å². The van der Waals surface area contributed by atoms with E-state index in [2.05, 4.69) is 10.5 Å². The highest BCUT2D eigenvalue weighted by molar-refractivity contribution is 7.12. The second kappa shape index (κ2) is 6.70. The van der Waals surface area contributed by atoms with Crippen molar-refractivity contribution in [2.24, 2.45) is 5.10 Å². The fourth-order valence-corrected chi connectivity index (χ4v) is 2.06. The van der Waals surface area contributed by atoms with Gasteiger partial charge in [-0.25, -0.2) is 5.43 Å². The van der Waals surface area contributed by atoms with E-state index < -0.39 is 0 Å². The Labute approximate surface area is 115 Å². The van der Waals surface area contributed by atoms with E-state index in [1.54, 1.807) is 12.3 Å². The molecule has 0 spiro atoms. The summed E-state index contributed by atoms with van der Waals surface area (Å²) in [4.78, 5) is 12.2. The van der Waals surface area contributed by atoms with E-state index in [4.69, 9.17) is 4.74 Å². The third-order valence-corrected chi connectivity index (χ3v) is 3.18. The number of rotatable bonds is 5. The van der Waals surface area contributed by atoms with Crippen LogP contribution in [0.1, 0.15) is 22.2 Å². The molecule has 0 saturated heterocycles. The second-order valence-electron chi connectivity index (χ2n) is 3.68. The smallest absolute Gasteiger partial charge is 0.281 e. The zero-order chi connectivity index (χ0) is 13.5. The van der Waals surface area contributed by atoms with E-state index in [0.29, 0.717) is 11.5 Å². The van der Waals surface area contributed by atoms with Gasteiger partial charge in [0, 0.05) is 0 Å². The fraction of sp³-hybridized carbons (Fsp3) is 0.143. The monoisotopic (exact) mass is 274 g/mol.